The summed E-state index contributed by atoms with van der Waals surface area (Å²) in [4.78, 5) is 34.5. The van der Waals surface area contributed by atoms with E-state index in [0.717, 1.165) is 0 Å². The second-order valence-corrected chi connectivity index (χ2v) is 5.71. The van der Waals surface area contributed by atoms with Crippen LogP contribution in [0.25, 0.3) is 0 Å². The first-order valence-corrected chi connectivity index (χ1v) is 8.82. The Morgan fingerprint density at radius 3 is 2.57 bits per heavy atom. The molecule has 2 aromatic rings. The van der Waals surface area contributed by atoms with Crippen molar-refractivity contribution in [1.29, 1.82) is 0 Å². The highest BCUT2D eigenvalue weighted by Gasteiger charge is 2.13. The Bertz CT molecular complexity index is 944. The zero-order chi connectivity index (χ0) is 21.9. The molecule has 3 N–H and O–H groups in total. The standard InChI is InChI=1S/C20H21N3O7/c1-3-29-17-9-13(7-8-16(17)30-12-18(24)25)11-21-23-20(27)19(26)22-14-5-4-6-15(10-14)28-2/h4-11H,3,12H2,1-2H3,(H,22,26)(H,23,27)(H,24,25)/b21-11-. The van der Waals surface area contributed by atoms with Crippen molar-refractivity contribution in [2.24, 2.45) is 5.10 Å². The van der Waals surface area contributed by atoms with Gasteiger partial charge >= 0.3 is 17.8 Å². The summed E-state index contributed by atoms with van der Waals surface area (Å²) < 4.78 is 15.6. The fourth-order valence-electron chi connectivity index (χ4n) is 2.24. The number of nitrogens with one attached hydrogen (secondary N) is 2. The fourth-order valence-corrected chi connectivity index (χ4v) is 2.24. The zero-order valence-corrected chi connectivity index (χ0v) is 16.4. The minimum atomic E-state index is -1.11. The average molecular weight is 415 g/mol. The third-order valence-corrected chi connectivity index (χ3v) is 3.53. The van der Waals surface area contributed by atoms with Gasteiger partial charge < -0.3 is 24.6 Å². The monoisotopic (exact) mass is 415 g/mol. The van der Waals surface area contributed by atoms with E-state index < -0.39 is 24.4 Å². The van der Waals surface area contributed by atoms with E-state index in [0.29, 0.717) is 29.4 Å². The Morgan fingerprint density at radius 2 is 1.87 bits per heavy atom. The van der Waals surface area contributed by atoms with Gasteiger partial charge in [0, 0.05) is 11.8 Å². The highest BCUT2D eigenvalue weighted by molar-refractivity contribution is 6.39. The van der Waals surface area contributed by atoms with Crippen LogP contribution in [-0.2, 0) is 14.4 Å². The molecular weight excluding hydrogens is 394 g/mol. The minimum Gasteiger partial charge on any atom is -0.497 e. The van der Waals surface area contributed by atoms with Gasteiger partial charge in [-0.3, -0.25) is 9.59 Å². The molecule has 0 aliphatic carbocycles. The Labute approximate surface area is 172 Å². The molecule has 0 aliphatic rings. The quantitative estimate of drug-likeness (QED) is 0.322. The molecule has 0 unspecified atom stereocenters. The fraction of sp³-hybridized carbons (Fsp3) is 0.200. The molecule has 2 rings (SSSR count). The van der Waals surface area contributed by atoms with E-state index >= 15 is 0 Å². The van der Waals surface area contributed by atoms with Crippen molar-refractivity contribution in [1.82, 2.24) is 5.43 Å². The molecule has 0 saturated heterocycles. The van der Waals surface area contributed by atoms with Gasteiger partial charge in [0.25, 0.3) is 0 Å². The molecule has 0 heterocycles. The number of aliphatic carboxylic acids is 1. The van der Waals surface area contributed by atoms with Gasteiger partial charge in [-0.05, 0) is 42.8 Å². The molecule has 10 heteroatoms. The van der Waals surface area contributed by atoms with Gasteiger partial charge in [-0.15, -0.1) is 0 Å². The number of benzene rings is 2. The van der Waals surface area contributed by atoms with Crippen LogP contribution in [0.15, 0.2) is 47.6 Å². The molecule has 0 fully saturated rings. The van der Waals surface area contributed by atoms with Crippen LogP contribution in [0.1, 0.15) is 12.5 Å². The van der Waals surface area contributed by atoms with E-state index in [2.05, 4.69) is 15.8 Å². The van der Waals surface area contributed by atoms with Crippen LogP contribution >= 0.6 is 0 Å². The summed E-state index contributed by atoms with van der Waals surface area (Å²) in [6, 6.07) is 11.2. The van der Waals surface area contributed by atoms with Crippen LogP contribution in [-0.4, -0.2) is 49.4 Å². The lowest BCUT2D eigenvalue weighted by molar-refractivity contribution is -0.139. The molecule has 158 valence electrons. The second kappa shape index (κ2) is 11.1. The highest BCUT2D eigenvalue weighted by Crippen LogP contribution is 2.28. The van der Waals surface area contributed by atoms with Crippen molar-refractivity contribution < 1.29 is 33.7 Å². The van der Waals surface area contributed by atoms with E-state index in [-0.39, 0.29) is 5.75 Å². The molecule has 0 saturated carbocycles. The maximum absolute atomic E-state index is 11.9. The van der Waals surface area contributed by atoms with Crippen LogP contribution in [0.3, 0.4) is 0 Å². The lowest BCUT2D eigenvalue weighted by Crippen LogP contribution is -2.32. The number of rotatable bonds is 9. The number of hydrazone groups is 1. The van der Waals surface area contributed by atoms with E-state index in [1.807, 2.05) is 0 Å². The van der Waals surface area contributed by atoms with Crippen molar-refractivity contribution in [2.75, 3.05) is 25.6 Å². The first-order chi connectivity index (χ1) is 14.4. The third-order valence-electron chi connectivity index (χ3n) is 3.53. The number of amides is 2. The summed E-state index contributed by atoms with van der Waals surface area (Å²) in [5.74, 6) is -1.85. The molecule has 0 spiro atoms. The second-order valence-electron chi connectivity index (χ2n) is 5.71. The van der Waals surface area contributed by atoms with Crippen LogP contribution in [0, 0.1) is 0 Å². The number of hydrogen-bond donors (Lipinski definition) is 3. The SMILES string of the molecule is CCOc1cc(/C=N\NC(=O)C(=O)Nc2cccc(OC)c2)ccc1OCC(=O)O. The normalized spacial score (nSPS) is 10.3. The molecule has 0 bridgehead atoms. The maximum atomic E-state index is 11.9. The molecule has 0 aromatic heterocycles. The smallest absolute Gasteiger partial charge is 0.341 e. The number of methoxy groups -OCH3 is 1. The molecule has 0 radical (unpaired) electrons. The largest absolute Gasteiger partial charge is 0.497 e. The summed E-state index contributed by atoms with van der Waals surface area (Å²) in [7, 11) is 1.49. The Hall–Kier alpha value is -4.08. The summed E-state index contributed by atoms with van der Waals surface area (Å²) in [6.45, 7) is 1.60. The first kappa shape index (κ1) is 22.2. The topological polar surface area (TPSA) is 136 Å². The van der Waals surface area contributed by atoms with Crippen LogP contribution in [0.2, 0.25) is 0 Å². The van der Waals surface area contributed by atoms with E-state index in [1.54, 1.807) is 43.3 Å². The average Bonchev–Trinajstić information content (AvgIpc) is 2.73. The number of hydrogen-bond acceptors (Lipinski definition) is 7. The van der Waals surface area contributed by atoms with Gasteiger partial charge in [0.2, 0.25) is 0 Å². The molecule has 0 atom stereocenters. The molecular formula is C20H21N3O7. The van der Waals surface area contributed by atoms with Crippen LogP contribution < -0.4 is 25.0 Å². The summed E-state index contributed by atoms with van der Waals surface area (Å²) in [6.07, 6.45) is 1.31. The number of carboxylic acids is 1. The maximum Gasteiger partial charge on any atom is 0.341 e. The Morgan fingerprint density at radius 1 is 1.07 bits per heavy atom. The van der Waals surface area contributed by atoms with E-state index in [4.69, 9.17) is 19.3 Å². The summed E-state index contributed by atoms with van der Waals surface area (Å²) in [5.41, 5.74) is 3.06. The zero-order valence-electron chi connectivity index (χ0n) is 16.4. The van der Waals surface area contributed by atoms with Crippen molar-refractivity contribution >= 4 is 29.7 Å². The Balaban J connectivity index is 1.97. The summed E-state index contributed by atoms with van der Waals surface area (Å²) in [5, 5.41) is 14.9. The van der Waals surface area contributed by atoms with Gasteiger partial charge in [-0.2, -0.15) is 5.10 Å². The number of carbonyl (C=O) groups is 3. The molecule has 10 nitrogen and oxygen atoms in total. The van der Waals surface area contributed by atoms with Gasteiger partial charge in [-0.25, -0.2) is 10.2 Å². The van der Waals surface area contributed by atoms with Gasteiger partial charge in [-0.1, -0.05) is 6.07 Å². The lowest BCUT2D eigenvalue weighted by Gasteiger charge is -2.11. The summed E-state index contributed by atoms with van der Waals surface area (Å²) >= 11 is 0. The van der Waals surface area contributed by atoms with Crippen molar-refractivity contribution in [3.63, 3.8) is 0 Å². The van der Waals surface area contributed by atoms with Crippen molar-refractivity contribution in [3.05, 3.63) is 48.0 Å². The number of carboxylic acid groups (broad SMARTS) is 1. The lowest BCUT2D eigenvalue weighted by atomic mass is 10.2. The van der Waals surface area contributed by atoms with Crippen LogP contribution in [0.5, 0.6) is 17.2 Å². The van der Waals surface area contributed by atoms with Gasteiger partial charge in [0.1, 0.15) is 5.75 Å². The molecule has 2 aromatic carbocycles. The van der Waals surface area contributed by atoms with E-state index in [9.17, 15) is 14.4 Å². The number of nitrogens with zero attached hydrogens (tertiary/aromatic N) is 1. The van der Waals surface area contributed by atoms with Gasteiger partial charge in [0.15, 0.2) is 18.1 Å². The van der Waals surface area contributed by atoms with Crippen molar-refractivity contribution in [2.45, 2.75) is 6.92 Å². The van der Waals surface area contributed by atoms with Crippen molar-refractivity contribution in [3.8, 4) is 17.2 Å². The van der Waals surface area contributed by atoms with Gasteiger partial charge in [0.05, 0.1) is 19.9 Å². The number of anilines is 1. The highest BCUT2D eigenvalue weighted by atomic mass is 16.5. The number of carbonyl (C=O) groups excluding carboxylic acids is 2. The number of ether oxygens (including phenoxy) is 3. The van der Waals surface area contributed by atoms with Crippen LogP contribution in [0.4, 0.5) is 5.69 Å². The minimum absolute atomic E-state index is 0.262. The molecule has 30 heavy (non-hydrogen) atoms. The van der Waals surface area contributed by atoms with E-state index in [1.165, 1.54) is 19.4 Å². The Kier molecular flexibility index (Phi) is 8.18. The predicted molar refractivity (Wildman–Crippen MR) is 108 cm³/mol. The molecule has 0 aliphatic heterocycles. The molecule has 2 amide bonds. The third kappa shape index (κ3) is 6.82. The first-order valence-electron chi connectivity index (χ1n) is 8.82. The predicted octanol–water partition coefficient (Wildman–Crippen LogP) is 1.65.